The van der Waals surface area contributed by atoms with Gasteiger partial charge in [0.25, 0.3) is 21.6 Å². The lowest BCUT2D eigenvalue weighted by molar-refractivity contribution is -0.384. The Morgan fingerprint density at radius 2 is 1.74 bits per heavy atom. The molecule has 0 unspecified atom stereocenters. The molecule has 1 heterocycles. The number of rotatable bonds is 4. The molecule has 9 nitrogen and oxygen atoms in total. The van der Waals surface area contributed by atoms with Gasteiger partial charge in [-0.25, -0.2) is 17.8 Å². The van der Waals surface area contributed by atoms with Crippen molar-refractivity contribution in [2.45, 2.75) is 11.8 Å². The Hall–Kier alpha value is -3.53. The van der Waals surface area contributed by atoms with Crippen molar-refractivity contribution in [1.82, 2.24) is 8.54 Å². The van der Waals surface area contributed by atoms with Crippen molar-refractivity contribution in [3.8, 4) is 0 Å². The van der Waals surface area contributed by atoms with Crippen LogP contribution in [-0.2, 0) is 10.0 Å². The van der Waals surface area contributed by atoms with Gasteiger partial charge in [-0.15, -0.1) is 0 Å². The van der Waals surface area contributed by atoms with Crippen LogP contribution in [0.3, 0.4) is 0 Å². The molecule has 2 aromatic carbocycles. The summed E-state index contributed by atoms with van der Waals surface area (Å²) >= 11 is 0. The van der Waals surface area contributed by atoms with Gasteiger partial charge in [0.2, 0.25) is 0 Å². The average molecular weight is 387 g/mol. The summed E-state index contributed by atoms with van der Waals surface area (Å²) in [5.74, 6) is -0.874. The lowest BCUT2D eigenvalue weighted by Gasteiger charge is -2.05. The van der Waals surface area contributed by atoms with Gasteiger partial charge in [-0.1, -0.05) is 23.8 Å². The molecule has 27 heavy (non-hydrogen) atoms. The Kier molecular flexibility index (Phi) is 4.50. The number of nitro benzene ring substituents is 1. The van der Waals surface area contributed by atoms with Crippen molar-refractivity contribution >= 4 is 21.6 Å². The molecule has 0 amide bonds. The van der Waals surface area contributed by atoms with Gasteiger partial charge in [0.05, 0.1) is 9.82 Å². The number of benzene rings is 2. The number of carbonyl (C=O) groups excluding carboxylic acids is 1. The van der Waals surface area contributed by atoms with Crippen molar-refractivity contribution in [3.63, 3.8) is 0 Å². The van der Waals surface area contributed by atoms with Crippen LogP contribution >= 0.6 is 0 Å². The van der Waals surface area contributed by atoms with Gasteiger partial charge in [-0.05, 0) is 25.1 Å². The van der Waals surface area contributed by atoms with E-state index in [4.69, 9.17) is 0 Å². The van der Waals surface area contributed by atoms with E-state index in [1.807, 2.05) is 0 Å². The molecule has 0 N–H and O–H groups in total. The Bertz CT molecular complexity index is 1210. The van der Waals surface area contributed by atoms with Crippen LogP contribution in [0.5, 0.6) is 0 Å². The molecule has 1 aromatic heterocycles. The number of aromatic nitrogens is 2. The zero-order valence-corrected chi connectivity index (χ0v) is 14.8. The van der Waals surface area contributed by atoms with Gasteiger partial charge in [0, 0.05) is 30.1 Å². The summed E-state index contributed by atoms with van der Waals surface area (Å²) in [6.45, 7) is 1.79. The first-order valence-corrected chi connectivity index (χ1v) is 9.07. The first kappa shape index (κ1) is 18.3. The van der Waals surface area contributed by atoms with Gasteiger partial charge in [-0.3, -0.25) is 14.9 Å². The van der Waals surface area contributed by atoms with Crippen LogP contribution in [0.1, 0.15) is 15.9 Å². The van der Waals surface area contributed by atoms with Crippen LogP contribution in [0, 0.1) is 17.0 Å². The Morgan fingerprint density at radius 1 is 1.07 bits per heavy atom. The molecule has 3 rings (SSSR count). The molecular formula is C17H13N3O6S. The highest BCUT2D eigenvalue weighted by Crippen LogP contribution is 2.15. The molecule has 0 saturated carbocycles. The van der Waals surface area contributed by atoms with Crippen molar-refractivity contribution < 1.29 is 18.1 Å². The maximum atomic E-state index is 12.6. The third kappa shape index (κ3) is 3.29. The van der Waals surface area contributed by atoms with Gasteiger partial charge in [0.1, 0.15) is 0 Å². The van der Waals surface area contributed by atoms with Gasteiger partial charge < -0.3 is 0 Å². The van der Waals surface area contributed by atoms with E-state index in [1.54, 1.807) is 19.1 Å². The normalized spacial score (nSPS) is 11.3. The van der Waals surface area contributed by atoms with E-state index in [0.717, 1.165) is 24.0 Å². The summed E-state index contributed by atoms with van der Waals surface area (Å²) in [6, 6.07) is 10.7. The molecule has 0 aliphatic heterocycles. The molecule has 10 heteroatoms. The SMILES string of the molecule is Cc1ccc(S(=O)(=O)n2ccn(C(=O)c3cccc([N+](=O)[O-])c3)c2=O)cc1. The Labute approximate surface area is 153 Å². The number of aryl methyl sites for hydroxylation is 1. The van der Waals surface area contributed by atoms with Crippen molar-refractivity contribution in [3.05, 3.63) is 92.7 Å². The summed E-state index contributed by atoms with van der Waals surface area (Å²) in [5, 5.41) is 10.8. The highest BCUT2D eigenvalue weighted by atomic mass is 32.2. The minimum atomic E-state index is -4.18. The molecule has 0 radical (unpaired) electrons. The highest BCUT2D eigenvalue weighted by Gasteiger charge is 2.23. The van der Waals surface area contributed by atoms with Crippen molar-refractivity contribution in [1.29, 1.82) is 0 Å². The molecule has 0 fully saturated rings. The smallest absolute Gasteiger partial charge is 0.268 e. The fourth-order valence-corrected chi connectivity index (χ4v) is 3.63. The van der Waals surface area contributed by atoms with E-state index in [-0.39, 0.29) is 16.1 Å². The van der Waals surface area contributed by atoms with Crippen LogP contribution in [-0.4, -0.2) is 27.8 Å². The zero-order valence-electron chi connectivity index (χ0n) is 14.0. The molecule has 3 aromatic rings. The van der Waals surface area contributed by atoms with Crippen LogP contribution in [0.25, 0.3) is 0 Å². The first-order chi connectivity index (χ1) is 12.7. The highest BCUT2D eigenvalue weighted by molar-refractivity contribution is 7.90. The van der Waals surface area contributed by atoms with E-state index in [1.165, 1.54) is 30.3 Å². The molecule has 0 spiro atoms. The average Bonchev–Trinajstić information content (AvgIpc) is 3.03. The summed E-state index contributed by atoms with van der Waals surface area (Å²) in [6.07, 6.45) is 1.97. The molecule has 0 saturated heterocycles. The third-order valence-corrected chi connectivity index (χ3v) is 5.51. The zero-order chi connectivity index (χ0) is 19.8. The van der Waals surface area contributed by atoms with E-state index < -0.39 is 26.5 Å². The maximum absolute atomic E-state index is 12.6. The molecular weight excluding hydrogens is 374 g/mol. The second-order valence-electron chi connectivity index (χ2n) is 5.68. The topological polar surface area (TPSA) is 121 Å². The summed E-state index contributed by atoms with van der Waals surface area (Å²) in [4.78, 5) is 35.0. The minimum absolute atomic E-state index is 0.101. The summed E-state index contributed by atoms with van der Waals surface area (Å²) in [5.41, 5.74) is -0.677. The predicted molar refractivity (Wildman–Crippen MR) is 95.3 cm³/mol. The fourth-order valence-electron chi connectivity index (χ4n) is 2.41. The van der Waals surface area contributed by atoms with Gasteiger partial charge in [-0.2, -0.15) is 3.97 Å². The van der Waals surface area contributed by atoms with E-state index >= 15 is 0 Å². The molecule has 0 aliphatic rings. The van der Waals surface area contributed by atoms with E-state index in [0.29, 0.717) is 8.54 Å². The predicted octanol–water partition coefficient (Wildman–Crippen LogP) is 1.79. The minimum Gasteiger partial charge on any atom is -0.268 e. The number of nitrogens with zero attached hydrogens (tertiary/aromatic N) is 3. The standard InChI is InChI=1S/C17H13N3O6S/c1-12-5-7-15(8-6-12)27(25,26)19-10-9-18(17(19)22)16(21)13-3-2-4-14(11-13)20(23)24/h2-11H,1H3. The number of hydrogen-bond acceptors (Lipinski definition) is 6. The van der Waals surface area contributed by atoms with Crippen molar-refractivity contribution in [2.24, 2.45) is 0 Å². The molecule has 0 bridgehead atoms. The first-order valence-electron chi connectivity index (χ1n) is 7.63. The molecule has 138 valence electrons. The number of carbonyl (C=O) groups is 1. The Balaban J connectivity index is 2.04. The van der Waals surface area contributed by atoms with E-state index in [2.05, 4.69) is 0 Å². The molecule has 0 atom stereocenters. The second kappa shape index (κ2) is 6.65. The van der Waals surface area contributed by atoms with Crippen LogP contribution in [0.4, 0.5) is 5.69 Å². The van der Waals surface area contributed by atoms with Gasteiger partial charge in [0.15, 0.2) is 0 Å². The Morgan fingerprint density at radius 3 is 2.37 bits per heavy atom. The van der Waals surface area contributed by atoms with Crippen LogP contribution in [0.15, 0.2) is 70.6 Å². The lowest BCUT2D eigenvalue weighted by atomic mass is 10.2. The van der Waals surface area contributed by atoms with Crippen molar-refractivity contribution in [2.75, 3.05) is 0 Å². The number of nitro groups is 1. The largest absolute Gasteiger partial charge is 0.349 e. The molecule has 0 aliphatic carbocycles. The lowest BCUT2D eigenvalue weighted by Crippen LogP contribution is -2.32. The van der Waals surface area contributed by atoms with Gasteiger partial charge >= 0.3 is 5.69 Å². The quantitative estimate of drug-likeness (QED) is 0.497. The second-order valence-corrected chi connectivity index (χ2v) is 7.49. The fraction of sp³-hybridized carbons (Fsp3) is 0.0588. The number of hydrogen-bond donors (Lipinski definition) is 0. The number of imidazole rings is 1. The van der Waals surface area contributed by atoms with E-state index in [9.17, 15) is 28.1 Å². The summed E-state index contributed by atoms with van der Waals surface area (Å²) in [7, 11) is -4.18. The maximum Gasteiger partial charge on any atom is 0.349 e. The third-order valence-electron chi connectivity index (χ3n) is 3.85. The van der Waals surface area contributed by atoms with Crippen LogP contribution in [0.2, 0.25) is 0 Å². The number of non-ortho nitro benzene ring substituents is 1. The van der Waals surface area contributed by atoms with Crippen LogP contribution < -0.4 is 5.69 Å². The monoisotopic (exact) mass is 387 g/mol. The summed E-state index contributed by atoms with van der Waals surface area (Å²) < 4.78 is 26.3.